The summed E-state index contributed by atoms with van der Waals surface area (Å²) in [4.78, 5) is 22.9. The van der Waals surface area contributed by atoms with Gasteiger partial charge in [0.25, 0.3) is 5.91 Å². The zero-order valence-electron chi connectivity index (χ0n) is 15.5. The van der Waals surface area contributed by atoms with Crippen LogP contribution in [0.3, 0.4) is 0 Å². The first-order chi connectivity index (χ1) is 13.4. The second-order valence-corrected chi connectivity index (χ2v) is 6.49. The van der Waals surface area contributed by atoms with E-state index in [1.165, 1.54) is 0 Å². The first kappa shape index (κ1) is 19.0. The molecule has 3 rings (SSSR count). The quantitative estimate of drug-likeness (QED) is 0.401. The molecule has 6 N–H and O–H groups in total. The Kier molecular flexibility index (Phi) is 5.30. The lowest BCUT2D eigenvalue weighted by Gasteiger charge is -2.10. The van der Waals surface area contributed by atoms with Crippen molar-refractivity contribution in [2.75, 3.05) is 10.6 Å². The second kappa shape index (κ2) is 7.83. The van der Waals surface area contributed by atoms with Gasteiger partial charge in [0.2, 0.25) is 0 Å². The lowest BCUT2D eigenvalue weighted by Crippen LogP contribution is -2.15. The van der Waals surface area contributed by atoms with Crippen LogP contribution in [0.4, 0.5) is 17.3 Å². The van der Waals surface area contributed by atoms with Crippen LogP contribution in [0.5, 0.6) is 5.75 Å². The van der Waals surface area contributed by atoms with Crippen LogP contribution in [0.1, 0.15) is 37.4 Å². The number of phenols is 1. The Labute approximate surface area is 161 Å². The van der Waals surface area contributed by atoms with Crippen LogP contribution < -0.4 is 16.4 Å². The Morgan fingerprint density at radius 1 is 1.25 bits per heavy atom. The molecule has 0 saturated carbocycles. The van der Waals surface area contributed by atoms with Crippen LogP contribution in [0, 0.1) is 13.8 Å². The van der Waals surface area contributed by atoms with Gasteiger partial charge < -0.3 is 21.5 Å². The summed E-state index contributed by atoms with van der Waals surface area (Å²) < 4.78 is 0. The molecule has 0 atom stereocenters. The van der Waals surface area contributed by atoms with Gasteiger partial charge in [-0.15, -0.1) is 0 Å². The highest BCUT2D eigenvalue weighted by atomic mass is 16.3. The number of nitrogens with zero attached hydrogens (tertiary/aromatic N) is 1. The fourth-order valence-corrected chi connectivity index (χ4v) is 2.96. The number of phenolic OH excluding ortho intramolecular Hbond substituents is 1. The van der Waals surface area contributed by atoms with Gasteiger partial charge in [-0.2, -0.15) is 5.10 Å². The lowest BCUT2D eigenvalue weighted by atomic mass is 10.1. The topological polar surface area (TPSA) is 133 Å². The number of H-pyrrole nitrogens is 1. The molecule has 0 aliphatic heterocycles. The molecule has 0 fully saturated rings. The predicted molar refractivity (Wildman–Crippen MR) is 107 cm³/mol. The summed E-state index contributed by atoms with van der Waals surface area (Å²) >= 11 is 0. The number of rotatable bonds is 7. The lowest BCUT2D eigenvalue weighted by molar-refractivity contribution is 0.100. The number of aromatic amines is 1. The number of benzene rings is 2. The largest absolute Gasteiger partial charge is 0.507 e. The van der Waals surface area contributed by atoms with Gasteiger partial charge in [0.1, 0.15) is 23.4 Å². The van der Waals surface area contributed by atoms with Gasteiger partial charge in [-0.3, -0.25) is 14.7 Å². The second-order valence-electron chi connectivity index (χ2n) is 6.49. The maximum absolute atomic E-state index is 12.0. The van der Waals surface area contributed by atoms with Crippen LogP contribution in [0.15, 0.2) is 36.4 Å². The molecule has 1 aromatic heterocycles. The number of hydrogen-bond donors (Lipinski definition) is 5. The Bertz CT molecular complexity index is 1020. The highest BCUT2D eigenvalue weighted by molar-refractivity contribution is 6.03. The van der Waals surface area contributed by atoms with Crippen LogP contribution >= 0.6 is 0 Å². The van der Waals surface area contributed by atoms with Crippen molar-refractivity contribution in [2.45, 2.75) is 20.4 Å². The number of carbonyl (C=O) groups is 2. The van der Waals surface area contributed by atoms with E-state index in [0.717, 1.165) is 23.0 Å². The smallest absolute Gasteiger partial charge is 0.256 e. The van der Waals surface area contributed by atoms with Crippen molar-refractivity contribution in [2.24, 2.45) is 5.73 Å². The van der Waals surface area contributed by atoms with E-state index in [2.05, 4.69) is 20.8 Å². The van der Waals surface area contributed by atoms with Gasteiger partial charge in [-0.1, -0.05) is 24.3 Å². The maximum Gasteiger partial charge on any atom is 0.256 e. The van der Waals surface area contributed by atoms with Crippen LogP contribution in [0.2, 0.25) is 0 Å². The maximum atomic E-state index is 12.0. The van der Waals surface area contributed by atoms with E-state index in [0.29, 0.717) is 23.6 Å². The minimum absolute atomic E-state index is 0.184. The number of nitrogens with two attached hydrogens (primary N) is 1. The van der Waals surface area contributed by atoms with Gasteiger partial charge in [0, 0.05) is 17.8 Å². The molecule has 1 amide bonds. The third kappa shape index (κ3) is 3.96. The van der Waals surface area contributed by atoms with E-state index in [-0.39, 0.29) is 17.1 Å². The predicted octanol–water partition coefficient (Wildman–Crippen LogP) is 3.00. The summed E-state index contributed by atoms with van der Waals surface area (Å²) in [5, 5.41) is 22.9. The van der Waals surface area contributed by atoms with E-state index < -0.39 is 5.91 Å². The number of anilines is 3. The molecule has 144 valence electrons. The molecule has 0 saturated heterocycles. The van der Waals surface area contributed by atoms with Crippen LogP contribution in [-0.4, -0.2) is 27.5 Å². The number of aromatic nitrogens is 2. The third-order valence-corrected chi connectivity index (χ3v) is 4.32. The van der Waals surface area contributed by atoms with Crippen molar-refractivity contribution in [1.82, 2.24) is 10.2 Å². The molecule has 0 unspecified atom stereocenters. The standard InChI is InChI=1S/C20H21N5O3/c1-11-6-14(7-12(2)17(11)27)9-22-19-16(18(21)28)20(25-24-19)23-15-5-3-4-13(8-15)10-26/h3-8,10,27H,9H2,1-2H3,(H2,21,28)(H3,22,23,24,25). The van der Waals surface area contributed by atoms with Gasteiger partial charge in [-0.25, -0.2) is 0 Å². The van der Waals surface area contributed by atoms with Gasteiger partial charge in [0.05, 0.1) is 0 Å². The summed E-state index contributed by atoms with van der Waals surface area (Å²) in [5.41, 5.74) is 9.31. The zero-order chi connectivity index (χ0) is 20.3. The average Bonchev–Trinajstić information content (AvgIpc) is 3.07. The van der Waals surface area contributed by atoms with E-state index in [4.69, 9.17) is 5.73 Å². The molecule has 0 aliphatic rings. The van der Waals surface area contributed by atoms with E-state index in [1.54, 1.807) is 24.3 Å². The molecule has 1 heterocycles. The van der Waals surface area contributed by atoms with Crippen molar-refractivity contribution < 1.29 is 14.7 Å². The summed E-state index contributed by atoms with van der Waals surface area (Å²) in [6.07, 6.45) is 0.735. The Morgan fingerprint density at radius 3 is 2.61 bits per heavy atom. The normalized spacial score (nSPS) is 10.5. The van der Waals surface area contributed by atoms with Crippen LogP contribution in [-0.2, 0) is 6.54 Å². The SMILES string of the molecule is Cc1cc(CNc2[nH]nc(Nc3cccc(C=O)c3)c2C(N)=O)cc(C)c1O. The fourth-order valence-electron chi connectivity index (χ4n) is 2.96. The van der Waals surface area contributed by atoms with E-state index in [9.17, 15) is 14.7 Å². The summed E-state index contributed by atoms with van der Waals surface area (Å²) in [6, 6.07) is 10.5. The first-order valence-electron chi connectivity index (χ1n) is 8.62. The minimum Gasteiger partial charge on any atom is -0.507 e. The molecule has 0 aliphatic carbocycles. The molecule has 28 heavy (non-hydrogen) atoms. The number of carbonyl (C=O) groups excluding carboxylic acids is 2. The van der Waals surface area contributed by atoms with Crippen molar-refractivity contribution in [1.29, 1.82) is 0 Å². The van der Waals surface area contributed by atoms with Crippen LogP contribution in [0.25, 0.3) is 0 Å². The van der Waals surface area contributed by atoms with Crippen molar-refractivity contribution in [3.05, 3.63) is 64.2 Å². The molecule has 2 aromatic carbocycles. The molecule has 0 radical (unpaired) electrons. The zero-order valence-corrected chi connectivity index (χ0v) is 15.5. The summed E-state index contributed by atoms with van der Waals surface area (Å²) in [7, 11) is 0. The van der Waals surface area contributed by atoms with Crippen molar-refractivity contribution >= 4 is 29.5 Å². The van der Waals surface area contributed by atoms with E-state index >= 15 is 0 Å². The number of hydrogen-bond acceptors (Lipinski definition) is 6. The number of nitrogens with one attached hydrogen (secondary N) is 3. The number of amides is 1. The highest BCUT2D eigenvalue weighted by Gasteiger charge is 2.19. The average molecular weight is 379 g/mol. The monoisotopic (exact) mass is 379 g/mol. The fraction of sp³-hybridized carbons (Fsp3) is 0.150. The van der Waals surface area contributed by atoms with Crippen molar-refractivity contribution in [3.8, 4) is 5.75 Å². The number of aromatic hydroxyl groups is 1. The molecule has 3 aromatic rings. The number of aldehydes is 1. The first-order valence-corrected chi connectivity index (χ1v) is 8.62. The summed E-state index contributed by atoms with van der Waals surface area (Å²) in [5.74, 6) is 0.261. The molecule has 0 bridgehead atoms. The van der Waals surface area contributed by atoms with Gasteiger partial charge in [-0.05, 0) is 42.7 Å². The number of aryl methyl sites for hydroxylation is 2. The molecule has 0 spiro atoms. The van der Waals surface area contributed by atoms with Gasteiger partial charge >= 0.3 is 0 Å². The number of primary amides is 1. The Balaban J connectivity index is 1.82. The Morgan fingerprint density at radius 2 is 1.96 bits per heavy atom. The molecule has 8 heteroatoms. The molecule has 8 nitrogen and oxygen atoms in total. The molecular formula is C20H21N5O3. The van der Waals surface area contributed by atoms with Gasteiger partial charge in [0.15, 0.2) is 5.82 Å². The highest BCUT2D eigenvalue weighted by Crippen LogP contribution is 2.26. The summed E-state index contributed by atoms with van der Waals surface area (Å²) in [6.45, 7) is 4.06. The van der Waals surface area contributed by atoms with E-state index in [1.807, 2.05) is 26.0 Å². The Hall–Kier alpha value is -3.81. The molecular weight excluding hydrogens is 358 g/mol. The van der Waals surface area contributed by atoms with Crippen molar-refractivity contribution in [3.63, 3.8) is 0 Å². The third-order valence-electron chi connectivity index (χ3n) is 4.32. The minimum atomic E-state index is -0.650.